The molecule has 0 atom stereocenters. The van der Waals surface area contributed by atoms with Crippen molar-refractivity contribution < 1.29 is 31.1 Å². The molecule has 0 unspecified atom stereocenters. The minimum atomic E-state index is 0. The van der Waals surface area contributed by atoms with Gasteiger partial charge in [-0.05, 0) is 5.92 Å². The number of hydrogen-bond donors (Lipinski definition) is 0. The molecule has 0 aromatic rings. The maximum atomic E-state index is 4.05. The second kappa shape index (κ2) is 7.79. The molecule has 2 nitrogen and oxygen atoms in total. The summed E-state index contributed by atoms with van der Waals surface area (Å²) >= 11 is 0. The van der Waals surface area contributed by atoms with Gasteiger partial charge in [-0.1, -0.05) is 6.92 Å². The van der Waals surface area contributed by atoms with E-state index in [1.165, 1.54) is 13.1 Å². The molecule has 3 heteroatoms. The Labute approximate surface area is 106 Å². The number of rotatable bonds is 3. The number of likely N-dealkylation sites (tertiary alicyclic amines) is 1. The van der Waals surface area contributed by atoms with E-state index in [-0.39, 0.29) is 38.5 Å². The molecule has 1 fully saturated rings. The SMILES string of the molecule is C=[C-]C(CN1CC(C)C1)=NC.[CH3-].[U+2]. The van der Waals surface area contributed by atoms with E-state index >= 15 is 0 Å². The Morgan fingerprint density at radius 1 is 1.62 bits per heavy atom. The largest absolute Gasteiger partial charge is 2.00 e. The molecule has 0 bridgehead atoms. The van der Waals surface area contributed by atoms with Gasteiger partial charge in [-0.15, -0.1) is 5.71 Å². The average molecular weight is 404 g/mol. The van der Waals surface area contributed by atoms with Crippen LogP contribution in [0.2, 0.25) is 0 Å². The van der Waals surface area contributed by atoms with Gasteiger partial charge in [0.15, 0.2) is 0 Å². The molecule has 1 aliphatic rings. The maximum Gasteiger partial charge on any atom is 2.00 e. The Hall–Kier alpha value is 0.422. The van der Waals surface area contributed by atoms with E-state index in [1.54, 1.807) is 7.05 Å². The summed E-state index contributed by atoms with van der Waals surface area (Å²) in [5, 5.41) is 0. The fourth-order valence-corrected chi connectivity index (χ4v) is 1.37. The topological polar surface area (TPSA) is 15.6 Å². The van der Waals surface area contributed by atoms with Crippen molar-refractivity contribution in [3.05, 3.63) is 20.1 Å². The first-order chi connectivity index (χ1) is 5.26. The third-order valence-electron chi connectivity index (χ3n) is 1.99. The van der Waals surface area contributed by atoms with Crippen LogP contribution in [0.25, 0.3) is 0 Å². The third-order valence-corrected chi connectivity index (χ3v) is 1.99. The van der Waals surface area contributed by atoms with E-state index in [4.69, 9.17) is 0 Å². The zero-order valence-corrected chi connectivity index (χ0v) is 13.0. The van der Waals surface area contributed by atoms with Crippen molar-refractivity contribution in [3.63, 3.8) is 0 Å². The van der Waals surface area contributed by atoms with Gasteiger partial charge in [-0.2, -0.15) is 0 Å². The zero-order valence-electron chi connectivity index (χ0n) is 8.80. The molecule has 0 aromatic carbocycles. The van der Waals surface area contributed by atoms with Crippen LogP contribution >= 0.6 is 0 Å². The van der Waals surface area contributed by atoms with Crippen molar-refractivity contribution in [2.75, 3.05) is 26.7 Å². The van der Waals surface area contributed by atoms with Crippen LogP contribution in [0.15, 0.2) is 11.6 Å². The summed E-state index contributed by atoms with van der Waals surface area (Å²) in [5.74, 6) is 0.859. The first kappa shape index (κ1) is 15.9. The zero-order chi connectivity index (χ0) is 8.27. The first-order valence-corrected chi connectivity index (χ1v) is 3.97. The maximum absolute atomic E-state index is 4.05. The summed E-state index contributed by atoms with van der Waals surface area (Å²) < 4.78 is 0. The summed E-state index contributed by atoms with van der Waals surface area (Å²) in [6.07, 6.45) is 2.82. The molecule has 0 aromatic heterocycles. The molecule has 0 aliphatic carbocycles. The van der Waals surface area contributed by atoms with Crippen molar-refractivity contribution in [3.8, 4) is 0 Å². The van der Waals surface area contributed by atoms with Crippen molar-refractivity contribution in [1.29, 1.82) is 0 Å². The third kappa shape index (κ3) is 5.00. The minimum absolute atomic E-state index is 0. The second-order valence-electron chi connectivity index (χ2n) is 3.15. The van der Waals surface area contributed by atoms with Gasteiger partial charge >= 0.3 is 31.1 Å². The van der Waals surface area contributed by atoms with Crippen LogP contribution in [-0.2, 0) is 0 Å². The van der Waals surface area contributed by atoms with E-state index in [2.05, 4.69) is 29.5 Å². The standard InChI is InChI=1S/C9H15N2.CH3.U/c1-4-9(10-3)7-11-5-8(2)6-11;;/h8H,1,5-7H2,2-3H3;1H3;/q2*-1;+2. The normalized spacial score (nSPS) is 18.2. The Bertz CT molecular complexity index is 172. The van der Waals surface area contributed by atoms with E-state index in [9.17, 15) is 0 Å². The van der Waals surface area contributed by atoms with Crippen molar-refractivity contribution in [1.82, 2.24) is 4.90 Å². The monoisotopic (exact) mass is 404 g/mol. The van der Waals surface area contributed by atoms with E-state index < -0.39 is 0 Å². The van der Waals surface area contributed by atoms with Gasteiger partial charge in [0.2, 0.25) is 0 Å². The van der Waals surface area contributed by atoms with Gasteiger partial charge in [0.05, 0.1) is 0 Å². The molecule has 1 aliphatic heterocycles. The Morgan fingerprint density at radius 3 is 2.46 bits per heavy atom. The van der Waals surface area contributed by atoms with Crippen molar-refractivity contribution in [2.45, 2.75) is 6.92 Å². The summed E-state index contributed by atoms with van der Waals surface area (Å²) in [6, 6.07) is 0. The Kier molecular flexibility index (Phi) is 9.51. The average Bonchev–Trinajstić information content (AvgIpc) is 1.96. The van der Waals surface area contributed by atoms with Gasteiger partial charge in [-0.3, -0.25) is 11.5 Å². The van der Waals surface area contributed by atoms with Gasteiger partial charge in [0.1, 0.15) is 0 Å². The van der Waals surface area contributed by atoms with Crippen molar-refractivity contribution in [2.24, 2.45) is 10.9 Å². The van der Waals surface area contributed by atoms with Crippen LogP contribution in [0.3, 0.4) is 0 Å². The minimum Gasteiger partial charge on any atom is -0.456 e. The Morgan fingerprint density at radius 2 is 2.15 bits per heavy atom. The summed E-state index contributed by atoms with van der Waals surface area (Å²) in [4.78, 5) is 6.41. The smallest absolute Gasteiger partial charge is 0.456 e. The molecule has 1 saturated heterocycles. The van der Waals surface area contributed by atoms with Gasteiger partial charge in [0.25, 0.3) is 0 Å². The van der Waals surface area contributed by atoms with Crippen molar-refractivity contribution >= 4 is 5.71 Å². The molecule has 0 amide bonds. The molecule has 0 N–H and O–H groups in total. The fraction of sp³-hybridized carbons (Fsp3) is 0.600. The van der Waals surface area contributed by atoms with Crippen LogP contribution in [0.4, 0.5) is 0 Å². The van der Waals surface area contributed by atoms with E-state index in [0.29, 0.717) is 0 Å². The Balaban J connectivity index is 0. The number of aliphatic imine (C=N–C) groups is 1. The quantitative estimate of drug-likeness (QED) is 0.514. The van der Waals surface area contributed by atoms with Crippen LogP contribution in [0.5, 0.6) is 0 Å². The van der Waals surface area contributed by atoms with Crippen LogP contribution in [-0.4, -0.2) is 37.3 Å². The van der Waals surface area contributed by atoms with E-state index in [0.717, 1.165) is 18.2 Å². The van der Waals surface area contributed by atoms with E-state index in [1.807, 2.05) is 0 Å². The molecule has 0 radical (unpaired) electrons. The molecular weight excluding hydrogens is 386 g/mol. The summed E-state index contributed by atoms with van der Waals surface area (Å²) in [7, 11) is 1.79. The van der Waals surface area contributed by atoms with Gasteiger partial charge < -0.3 is 18.5 Å². The molecule has 1 rings (SSSR count). The molecule has 0 spiro atoms. The predicted octanol–water partition coefficient (Wildman–Crippen LogP) is 1.45. The second-order valence-corrected chi connectivity index (χ2v) is 3.15. The fourth-order valence-electron chi connectivity index (χ4n) is 1.37. The molecular formula is C10H18N2U. The molecule has 13 heavy (non-hydrogen) atoms. The molecule has 1 heterocycles. The van der Waals surface area contributed by atoms with Crippen LogP contribution in [0.1, 0.15) is 6.92 Å². The summed E-state index contributed by atoms with van der Waals surface area (Å²) in [6.45, 7) is 9.15. The molecule has 72 valence electrons. The first-order valence-electron chi connectivity index (χ1n) is 3.97. The predicted molar refractivity (Wildman–Crippen MR) is 54.2 cm³/mol. The van der Waals surface area contributed by atoms with Crippen LogP contribution in [0, 0.1) is 50.5 Å². The number of nitrogens with zero attached hydrogens (tertiary/aromatic N) is 2. The van der Waals surface area contributed by atoms with Gasteiger partial charge in [0, 0.05) is 26.7 Å². The summed E-state index contributed by atoms with van der Waals surface area (Å²) in [5.41, 5.74) is 0.969. The molecule has 0 saturated carbocycles. The van der Waals surface area contributed by atoms with Crippen LogP contribution < -0.4 is 0 Å². The van der Waals surface area contributed by atoms with Gasteiger partial charge in [-0.25, -0.2) is 0 Å². The number of hydrogen-bond acceptors (Lipinski definition) is 2.